The lowest BCUT2D eigenvalue weighted by atomic mass is 9.92. The summed E-state index contributed by atoms with van der Waals surface area (Å²) in [6, 6.07) is 22.3. The van der Waals surface area contributed by atoms with Gasteiger partial charge < -0.3 is 14.2 Å². The van der Waals surface area contributed by atoms with Gasteiger partial charge in [0.1, 0.15) is 11.5 Å². The molecule has 0 N–H and O–H groups in total. The summed E-state index contributed by atoms with van der Waals surface area (Å²) in [7, 11) is 1.42. The average molecular weight is 657 g/mol. The van der Waals surface area contributed by atoms with Crippen molar-refractivity contribution in [3.05, 3.63) is 72.3 Å². The van der Waals surface area contributed by atoms with E-state index in [1.54, 1.807) is 0 Å². The normalized spacial score (nSPS) is 11.1. The van der Waals surface area contributed by atoms with Gasteiger partial charge in [0.2, 0.25) is 0 Å². The van der Waals surface area contributed by atoms with Crippen LogP contribution in [0.15, 0.2) is 66.7 Å². The molecule has 0 aliphatic carbocycles. The van der Waals surface area contributed by atoms with E-state index in [1.165, 1.54) is 123 Å². The highest BCUT2D eigenvalue weighted by atomic mass is 16.5. The van der Waals surface area contributed by atoms with Crippen LogP contribution >= 0.6 is 0 Å². The Hall–Kier alpha value is -3.27. The molecule has 0 spiro atoms. The molecule has 0 heterocycles. The van der Waals surface area contributed by atoms with Gasteiger partial charge in [-0.15, -0.1) is 0 Å². The first kappa shape index (κ1) is 39.2. The van der Waals surface area contributed by atoms with Gasteiger partial charge in [0.25, 0.3) is 0 Å². The van der Waals surface area contributed by atoms with Crippen molar-refractivity contribution in [1.29, 1.82) is 0 Å². The zero-order valence-electron chi connectivity index (χ0n) is 30.5. The van der Waals surface area contributed by atoms with E-state index < -0.39 is 0 Å². The van der Waals surface area contributed by atoms with E-state index >= 15 is 0 Å². The van der Waals surface area contributed by atoms with Crippen molar-refractivity contribution in [2.75, 3.05) is 20.3 Å². The number of methoxy groups -OCH3 is 1. The van der Waals surface area contributed by atoms with E-state index in [9.17, 15) is 4.79 Å². The van der Waals surface area contributed by atoms with Crippen molar-refractivity contribution >= 4 is 5.97 Å². The topological polar surface area (TPSA) is 44.8 Å². The zero-order chi connectivity index (χ0) is 34.1. The quantitative estimate of drug-likeness (QED) is 0.0605. The Morgan fingerprint density at radius 2 is 0.833 bits per heavy atom. The van der Waals surface area contributed by atoms with Crippen LogP contribution in [0.4, 0.5) is 0 Å². The number of unbranched alkanes of at least 4 members (excludes halogenated alkanes) is 18. The largest absolute Gasteiger partial charge is 0.494 e. The van der Waals surface area contributed by atoms with Gasteiger partial charge in [0, 0.05) is 0 Å². The summed E-state index contributed by atoms with van der Waals surface area (Å²) < 4.78 is 17.2. The minimum atomic E-state index is -0.338. The average Bonchev–Trinajstić information content (AvgIpc) is 3.13. The standard InChI is InChI=1S/C44H64O4/c1-4-6-8-10-12-14-16-18-20-22-34-47-40-29-24-37(25-30-40)42-33-28-39(44(45)46-3)36-43(42)38-26-31-41(32-27-38)48-35-23-21-19-17-15-13-11-9-7-5-2/h24-33,36H,4-23,34-35H2,1-3H3. The van der Waals surface area contributed by atoms with Crippen LogP contribution in [-0.2, 0) is 4.74 Å². The van der Waals surface area contributed by atoms with Gasteiger partial charge in [0.15, 0.2) is 0 Å². The molecule has 3 rings (SSSR count). The van der Waals surface area contributed by atoms with E-state index in [-0.39, 0.29) is 5.97 Å². The fraction of sp³-hybridized carbons (Fsp3) is 0.568. The molecule has 264 valence electrons. The first-order chi connectivity index (χ1) is 23.7. The minimum absolute atomic E-state index is 0.338. The second-order valence-electron chi connectivity index (χ2n) is 13.4. The summed E-state index contributed by atoms with van der Waals surface area (Å²) in [6.45, 7) is 6.04. The SMILES string of the molecule is CCCCCCCCCCCCOc1ccc(-c2ccc(C(=O)OC)cc2-c2ccc(OCCCCCCCCCCCC)cc2)cc1. The first-order valence-electron chi connectivity index (χ1n) is 19.3. The molecule has 4 nitrogen and oxygen atoms in total. The van der Waals surface area contributed by atoms with E-state index in [1.807, 2.05) is 42.5 Å². The van der Waals surface area contributed by atoms with Crippen LogP contribution in [-0.4, -0.2) is 26.3 Å². The number of benzene rings is 3. The van der Waals surface area contributed by atoms with Crippen LogP contribution in [0, 0.1) is 0 Å². The predicted molar refractivity (Wildman–Crippen MR) is 203 cm³/mol. The van der Waals surface area contributed by atoms with Gasteiger partial charge >= 0.3 is 5.97 Å². The number of hydrogen-bond donors (Lipinski definition) is 0. The first-order valence-corrected chi connectivity index (χ1v) is 19.3. The molecule has 0 saturated carbocycles. The second kappa shape index (κ2) is 24.8. The van der Waals surface area contributed by atoms with Gasteiger partial charge in [-0.3, -0.25) is 0 Å². The second-order valence-corrected chi connectivity index (χ2v) is 13.4. The fourth-order valence-electron chi connectivity index (χ4n) is 6.30. The highest BCUT2D eigenvalue weighted by Crippen LogP contribution is 2.35. The third kappa shape index (κ3) is 15.3. The van der Waals surface area contributed by atoms with Crippen LogP contribution in [0.2, 0.25) is 0 Å². The molecular formula is C44H64O4. The zero-order valence-corrected chi connectivity index (χ0v) is 30.5. The third-order valence-corrected chi connectivity index (χ3v) is 9.30. The van der Waals surface area contributed by atoms with Gasteiger partial charge in [-0.05, 0) is 71.5 Å². The Morgan fingerprint density at radius 1 is 0.458 bits per heavy atom. The van der Waals surface area contributed by atoms with Gasteiger partial charge in [0.05, 0.1) is 25.9 Å². The summed E-state index contributed by atoms with van der Waals surface area (Å²) in [5.41, 5.74) is 4.69. The molecule has 0 amide bonds. The Morgan fingerprint density at radius 3 is 1.23 bits per heavy atom. The number of ether oxygens (including phenoxy) is 3. The van der Waals surface area contributed by atoms with E-state index in [2.05, 4.69) is 38.1 Å². The fourth-order valence-corrected chi connectivity index (χ4v) is 6.30. The monoisotopic (exact) mass is 656 g/mol. The molecule has 0 aromatic heterocycles. The molecule has 0 fully saturated rings. The van der Waals surface area contributed by atoms with Gasteiger partial charge in [-0.2, -0.15) is 0 Å². The highest BCUT2D eigenvalue weighted by Gasteiger charge is 2.14. The van der Waals surface area contributed by atoms with Gasteiger partial charge in [-0.1, -0.05) is 160 Å². The lowest BCUT2D eigenvalue weighted by Gasteiger charge is -2.14. The van der Waals surface area contributed by atoms with E-state index in [0.29, 0.717) is 5.56 Å². The van der Waals surface area contributed by atoms with Crippen molar-refractivity contribution in [1.82, 2.24) is 0 Å². The predicted octanol–water partition coefficient (Wildman–Crippen LogP) is 13.4. The molecule has 0 unspecified atom stereocenters. The highest BCUT2D eigenvalue weighted by molar-refractivity contribution is 5.94. The molecule has 0 aliphatic rings. The van der Waals surface area contributed by atoms with Crippen LogP contribution in [0.25, 0.3) is 22.3 Å². The maximum absolute atomic E-state index is 12.4. The molecule has 0 bridgehead atoms. The molecule has 0 radical (unpaired) electrons. The molecule has 0 atom stereocenters. The summed E-state index contributed by atoms with van der Waals surface area (Å²) in [6.07, 6.45) is 26.4. The molecule has 3 aromatic carbocycles. The number of carbonyl (C=O) groups excluding carboxylic acids is 1. The minimum Gasteiger partial charge on any atom is -0.494 e. The van der Waals surface area contributed by atoms with Crippen LogP contribution < -0.4 is 9.47 Å². The summed E-state index contributed by atoms with van der Waals surface area (Å²) in [5.74, 6) is 1.44. The lowest BCUT2D eigenvalue weighted by Crippen LogP contribution is -2.02. The van der Waals surface area contributed by atoms with E-state index in [0.717, 1.165) is 59.8 Å². The lowest BCUT2D eigenvalue weighted by molar-refractivity contribution is 0.0601. The Balaban J connectivity index is 1.48. The van der Waals surface area contributed by atoms with Crippen molar-refractivity contribution in [2.24, 2.45) is 0 Å². The Bertz CT molecular complexity index is 1250. The summed E-state index contributed by atoms with van der Waals surface area (Å²) in [4.78, 5) is 12.4. The Kier molecular flexibility index (Phi) is 20.2. The summed E-state index contributed by atoms with van der Waals surface area (Å²) >= 11 is 0. The van der Waals surface area contributed by atoms with Crippen LogP contribution in [0.5, 0.6) is 11.5 Å². The van der Waals surface area contributed by atoms with Crippen LogP contribution in [0.3, 0.4) is 0 Å². The summed E-state index contributed by atoms with van der Waals surface area (Å²) in [5, 5.41) is 0. The molecule has 3 aromatic rings. The number of carbonyl (C=O) groups is 1. The van der Waals surface area contributed by atoms with E-state index in [4.69, 9.17) is 14.2 Å². The maximum Gasteiger partial charge on any atom is 0.337 e. The maximum atomic E-state index is 12.4. The van der Waals surface area contributed by atoms with Crippen molar-refractivity contribution in [3.8, 4) is 33.8 Å². The molecule has 48 heavy (non-hydrogen) atoms. The molecular weight excluding hydrogens is 592 g/mol. The van der Waals surface area contributed by atoms with Crippen LogP contribution in [0.1, 0.15) is 153 Å². The van der Waals surface area contributed by atoms with Gasteiger partial charge in [-0.25, -0.2) is 4.79 Å². The Labute approximate surface area is 293 Å². The molecule has 4 heteroatoms. The third-order valence-electron chi connectivity index (χ3n) is 9.30. The smallest absolute Gasteiger partial charge is 0.337 e. The van der Waals surface area contributed by atoms with Crippen molar-refractivity contribution < 1.29 is 19.0 Å². The molecule has 0 saturated heterocycles. The van der Waals surface area contributed by atoms with Crippen molar-refractivity contribution in [3.63, 3.8) is 0 Å². The number of esters is 1. The van der Waals surface area contributed by atoms with Crippen molar-refractivity contribution in [2.45, 2.75) is 142 Å². The number of rotatable bonds is 27. The molecule has 0 aliphatic heterocycles. The number of hydrogen-bond acceptors (Lipinski definition) is 4.